The van der Waals surface area contributed by atoms with Crippen molar-refractivity contribution in [3.63, 3.8) is 0 Å². The molecule has 1 saturated heterocycles. The monoisotopic (exact) mass is 393 g/mol. The molecule has 5 rings (SSSR count). The second kappa shape index (κ2) is 7.05. The van der Waals surface area contributed by atoms with E-state index in [2.05, 4.69) is 14.8 Å². The predicted octanol–water partition coefficient (Wildman–Crippen LogP) is 3.00. The average Bonchev–Trinajstić information content (AvgIpc) is 3.13. The molecule has 1 amide bonds. The molecule has 2 aliphatic rings. The van der Waals surface area contributed by atoms with E-state index in [4.69, 9.17) is 10.7 Å². The molecule has 28 heavy (non-hydrogen) atoms. The minimum absolute atomic E-state index is 0.386. The van der Waals surface area contributed by atoms with Crippen molar-refractivity contribution in [2.45, 2.75) is 25.7 Å². The van der Waals surface area contributed by atoms with E-state index in [1.165, 1.54) is 35.1 Å². The van der Waals surface area contributed by atoms with E-state index in [1.807, 2.05) is 23.5 Å². The van der Waals surface area contributed by atoms with Gasteiger partial charge in [0.25, 0.3) is 0 Å². The fourth-order valence-corrected chi connectivity index (χ4v) is 5.55. The first kappa shape index (κ1) is 17.4. The average molecular weight is 394 g/mol. The van der Waals surface area contributed by atoms with Crippen LogP contribution in [0.3, 0.4) is 0 Å². The van der Waals surface area contributed by atoms with Gasteiger partial charge in [0.05, 0.1) is 5.39 Å². The zero-order valence-electron chi connectivity index (χ0n) is 15.7. The number of carbonyl (C=O) groups excluding carboxylic acids is 1. The molecule has 0 saturated carbocycles. The third kappa shape index (κ3) is 2.99. The highest BCUT2D eigenvalue weighted by molar-refractivity contribution is 7.19. The molecule has 3 heterocycles. The number of nitrogens with zero attached hydrogens (tertiary/aromatic N) is 4. The van der Waals surface area contributed by atoms with Gasteiger partial charge in [-0.2, -0.15) is 0 Å². The van der Waals surface area contributed by atoms with Crippen molar-refractivity contribution >= 4 is 39.0 Å². The standard InChI is InChI=1S/C21H23N5OS/c22-19(27)14-5-7-15(8-6-14)25-9-11-26(12-10-25)20-18-16-3-1-2-4-17(16)28-21(18)24-13-23-20/h5-8,13H,1-4,9-12H2,(H2,22,27). The summed E-state index contributed by atoms with van der Waals surface area (Å²) in [7, 11) is 0. The van der Waals surface area contributed by atoms with Gasteiger partial charge in [-0.05, 0) is 55.5 Å². The normalized spacial score (nSPS) is 17.0. The number of amides is 1. The Morgan fingerprint density at radius 2 is 1.68 bits per heavy atom. The number of piperazine rings is 1. The van der Waals surface area contributed by atoms with E-state index >= 15 is 0 Å². The number of aromatic nitrogens is 2. The van der Waals surface area contributed by atoms with Gasteiger partial charge >= 0.3 is 0 Å². The quantitative estimate of drug-likeness (QED) is 0.740. The topological polar surface area (TPSA) is 75.4 Å². The van der Waals surface area contributed by atoms with Crippen LogP contribution in [0, 0.1) is 0 Å². The van der Waals surface area contributed by atoms with E-state index in [-0.39, 0.29) is 5.91 Å². The fourth-order valence-electron chi connectivity index (χ4n) is 4.33. The molecule has 0 atom stereocenters. The number of primary amides is 1. The molecule has 0 bridgehead atoms. The minimum Gasteiger partial charge on any atom is -0.368 e. The summed E-state index contributed by atoms with van der Waals surface area (Å²) in [5, 5.41) is 1.29. The van der Waals surface area contributed by atoms with Crippen LogP contribution in [0.4, 0.5) is 11.5 Å². The number of benzene rings is 1. The predicted molar refractivity (Wildman–Crippen MR) is 113 cm³/mol. The van der Waals surface area contributed by atoms with Crippen LogP contribution >= 0.6 is 11.3 Å². The Balaban J connectivity index is 1.37. The van der Waals surface area contributed by atoms with Gasteiger partial charge in [0, 0.05) is 42.3 Å². The Morgan fingerprint density at radius 1 is 0.964 bits per heavy atom. The van der Waals surface area contributed by atoms with Crippen LogP contribution in [0.2, 0.25) is 0 Å². The molecular formula is C21H23N5OS. The van der Waals surface area contributed by atoms with Crippen LogP contribution in [0.5, 0.6) is 0 Å². The Kier molecular flexibility index (Phi) is 4.39. The summed E-state index contributed by atoms with van der Waals surface area (Å²) >= 11 is 1.85. The summed E-state index contributed by atoms with van der Waals surface area (Å²) in [5.74, 6) is 0.719. The lowest BCUT2D eigenvalue weighted by Crippen LogP contribution is -2.47. The van der Waals surface area contributed by atoms with Crippen LogP contribution in [-0.2, 0) is 12.8 Å². The molecule has 1 aromatic carbocycles. The number of aryl methyl sites for hydroxylation is 2. The van der Waals surface area contributed by atoms with Gasteiger partial charge in [0.1, 0.15) is 17.0 Å². The molecule has 1 aliphatic heterocycles. The van der Waals surface area contributed by atoms with Gasteiger partial charge in [0.2, 0.25) is 5.91 Å². The Bertz CT molecular complexity index is 1020. The maximum absolute atomic E-state index is 11.3. The van der Waals surface area contributed by atoms with Crippen molar-refractivity contribution in [3.05, 3.63) is 46.6 Å². The first-order chi connectivity index (χ1) is 13.7. The van der Waals surface area contributed by atoms with Gasteiger partial charge in [-0.1, -0.05) is 0 Å². The zero-order valence-corrected chi connectivity index (χ0v) is 16.5. The summed E-state index contributed by atoms with van der Waals surface area (Å²) in [6.45, 7) is 3.70. The summed E-state index contributed by atoms with van der Waals surface area (Å²) in [6, 6.07) is 7.56. The van der Waals surface area contributed by atoms with Crippen LogP contribution in [0.25, 0.3) is 10.2 Å². The van der Waals surface area contributed by atoms with E-state index in [9.17, 15) is 4.79 Å². The molecule has 0 unspecified atom stereocenters. The van der Waals surface area contributed by atoms with Crippen molar-refractivity contribution in [2.75, 3.05) is 36.0 Å². The molecule has 2 aromatic heterocycles. The highest BCUT2D eigenvalue weighted by atomic mass is 32.1. The third-order valence-electron chi connectivity index (χ3n) is 5.83. The summed E-state index contributed by atoms with van der Waals surface area (Å²) in [4.78, 5) is 27.9. The van der Waals surface area contributed by atoms with E-state index in [1.54, 1.807) is 18.5 Å². The largest absolute Gasteiger partial charge is 0.368 e. The summed E-state index contributed by atoms with van der Waals surface area (Å²) in [6.07, 6.45) is 6.61. The lowest BCUT2D eigenvalue weighted by Gasteiger charge is -2.37. The molecule has 0 radical (unpaired) electrons. The lowest BCUT2D eigenvalue weighted by atomic mass is 9.97. The molecule has 3 aromatic rings. The fraction of sp³-hybridized carbons (Fsp3) is 0.381. The Morgan fingerprint density at radius 3 is 2.43 bits per heavy atom. The molecule has 1 aliphatic carbocycles. The number of hydrogen-bond acceptors (Lipinski definition) is 6. The van der Waals surface area contributed by atoms with Crippen molar-refractivity contribution in [1.29, 1.82) is 0 Å². The van der Waals surface area contributed by atoms with Gasteiger partial charge in [-0.15, -0.1) is 11.3 Å². The first-order valence-electron chi connectivity index (χ1n) is 9.86. The van der Waals surface area contributed by atoms with Gasteiger partial charge in [-0.3, -0.25) is 4.79 Å². The second-order valence-electron chi connectivity index (χ2n) is 7.47. The first-order valence-corrected chi connectivity index (χ1v) is 10.7. The number of hydrogen-bond donors (Lipinski definition) is 1. The highest BCUT2D eigenvalue weighted by Crippen LogP contribution is 2.39. The molecular weight excluding hydrogens is 370 g/mol. The number of anilines is 2. The van der Waals surface area contributed by atoms with Gasteiger partial charge in [0.15, 0.2) is 0 Å². The molecule has 144 valence electrons. The molecule has 0 spiro atoms. The van der Waals surface area contributed by atoms with Gasteiger partial charge in [-0.25, -0.2) is 9.97 Å². The Hall–Kier alpha value is -2.67. The van der Waals surface area contributed by atoms with Crippen molar-refractivity contribution in [3.8, 4) is 0 Å². The van der Waals surface area contributed by atoms with E-state index in [0.29, 0.717) is 5.56 Å². The van der Waals surface area contributed by atoms with Gasteiger partial charge < -0.3 is 15.5 Å². The van der Waals surface area contributed by atoms with Crippen molar-refractivity contribution in [1.82, 2.24) is 9.97 Å². The van der Waals surface area contributed by atoms with Crippen molar-refractivity contribution in [2.24, 2.45) is 5.73 Å². The SMILES string of the molecule is NC(=O)c1ccc(N2CCN(c3ncnc4sc5c(c34)CCCC5)CC2)cc1. The molecule has 6 nitrogen and oxygen atoms in total. The maximum atomic E-state index is 11.3. The number of carbonyl (C=O) groups is 1. The maximum Gasteiger partial charge on any atom is 0.248 e. The zero-order chi connectivity index (χ0) is 19.1. The van der Waals surface area contributed by atoms with Crippen molar-refractivity contribution < 1.29 is 4.79 Å². The van der Waals surface area contributed by atoms with Crippen LogP contribution in [0.1, 0.15) is 33.6 Å². The number of nitrogens with two attached hydrogens (primary N) is 1. The molecule has 1 fully saturated rings. The van der Waals surface area contributed by atoms with Crippen LogP contribution in [0.15, 0.2) is 30.6 Å². The minimum atomic E-state index is -0.386. The Labute approximate surface area is 168 Å². The molecule has 7 heteroatoms. The third-order valence-corrected chi connectivity index (χ3v) is 7.03. The summed E-state index contributed by atoms with van der Waals surface area (Å²) < 4.78 is 0. The number of rotatable bonds is 3. The van der Waals surface area contributed by atoms with Crippen LogP contribution < -0.4 is 15.5 Å². The second-order valence-corrected chi connectivity index (χ2v) is 8.56. The van der Waals surface area contributed by atoms with E-state index < -0.39 is 0 Å². The number of fused-ring (bicyclic) bond motifs is 3. The van der Waals surface area contributed by atoms with Crippen LogP contribution in [-0.4, -0.2) is 42.1 Å². The highest BCUT2D eigenvalue weighted by Gasteiger charge is 2.25. The van der Waals surface area contributed by atoms with E-state index in [0.717, 1.165) is 48.9 Å². The lowest BCUT2D eigenvalue weighted by molar-refractivity contribution is 0.100. The molecule has 2 N–H and O–H groups in total. The number of thiophene rings is 1. The summed E-state index contributed by atoms with van der Waals surface area (Å²) in [5.41, 5.74) is 8.51. The smallest absolute Gasteiger partial charge is 0.248 e.